The Morgan fingerprint density at radius 3 is 2.63 bits per heavy atom. The maximum absolute atomic E-state index is 12.0. The molecule has 0 fully saturated rings. The van der Waals surface area contributed by atoms with E-state index in [0.29, 0.717) is 6.42 Å². The van der Waals surface area contributed by atoms with E-state index in [1.165, 1.54) is 0 Å². The largest absolute Gasteiger partial charge is 0.467 e. The number of hydrogen-bond acceptors (Lipinski definition) is 3. The molecule has 4 heteroatoms. The lowest BCUT2D eigenvalue weighted by atomic mass is 10.1. The lowest BCUT2D eigenvalue weighted by Crippen LogP contribution is -2.42. The van der Waals surface area contributed by atoms with Crippen molar-refractivity contribution < 1.29 is 9.21 Å². The maximum atomic E-state index is 12.0. The predicted octanol–water partition coefficient (Wildman–Crippen LogP) is 2.03. The first-order valence-corrected chi connectivity index (χ1v) is 6.30. The van der Waals surface area contributed by atoms with Crippen molar-refractivity contribution in [3.63, 3.8) is 0 Å². The summed E-state index contributed by atoms with van der Waals surface area (Å²) in [6, 6.07) is 12.6. The van der Waals surface area contributed by atoms with Crippen molar-refractivity contribution in [3.8, 4) is 0 Å². The summed E-state index contributed by atoms with van der Waals surface area (Å²) >= 11 is 0. The van der Waals surface area contributed by atoms with Gasteiger partial charge in [-0.15, -0.1) is 0 Å². The number of nitrogens with two attached hydrogens (primary N) is 1. The Labute approximate surface area is 112 Å². The molecule has 2 aromatic rings. The summed E-state index contributed by atoms with van der Waals surface area (Å²) in [6.07, 6.45) is 2.11. The molecular formula is C15H18N2O2. The van der Waals surface area contributed by atoms with Gasteiger partial charge in [0.15, 0.2) is 0 Å². The molecular weight excluding hydrogens is 240 g/mol. The van der Waals surface area contributed by atoms with Gasteiger partial charge in [-0.2, -0.15) is 0 Å². The summed E-state index contributed by atoms with van der Waals surface area (Å²) < 4.78 is 5.24. The molecule has 100 valence electrons. The van der Waals surface area contributed by atoms with E-state index in [-0.39, 0.29) is 11.9 Å². The van der Waals surface area contributed by atoms with Crippen LogP contribution in [0.2, 0.25) is 0 Å². The van der Waals surface area contributed by atoms with Gasteiger partial charge >= 0.3 is 0 Å². The number of carbonyl (C=O) groups is 1. The summed E-state index contributed by atoms with van der Waals surface area (Å²) in [5.41, 5.74) is 6.96. The van der Waals surface area contributed by atoms with Gasteiger partial charge in [0.05, 0.1) is 18.3 Å². The minimum atomic E-state index is -0.556. The van der Waals surface area contributed by atoms with Gasteiger partial charge in [0.25, 0.3) is 0 Å². The number of rotatable bonds is 5. The lowest BCUT2D eigenvalue weighted by Gasteiger charge is -2.16. The minimum Gasteiger partial charge on any atom is -0.467 e. The molecule has 0 radical (unpaired) electrons. The molecule has 0 saturated carbocycles. The molecule has 1 unspecified atom stereocenters. The highest BCUT2D eigenvalue weighted by atomic mass is 16.3. The third-order valence-corrected chi connectivity index (χ3v) is 2.96. The van der Waals surface area contributed by atoms with Crippen LogP contribution in [0.5, 0.6) is 0 Å². The molecule has 2 atom stereocenters. The zero-order chi connectivity index (χ0) is 13.7. The molecule has 0 bridgehead atoms. The number of furan rings is 1. The van der Waals surface area contributed by atoms with Crippen LogP contribution in [0.1, 0.15) is 24.3 Å². The second kappa shape index (κ2) is 6.20. The number of nitrogens with one attached hydrogen (secondary N) is 1. The average Bonchev–Trinajstić information content (AvgIpc) is 2.93. The molecule has 0 aliphatic carbocycles. The molecule has 0 saturated heterocycles. The topological polar surface area (TPSA) is 68.3 Å². The molecule has 1 amide bonds. The normalized spacial score (nSPS) is 13.8. The fourth-order valence-electron chi connectivity index (χ4n) is 1.89. The van der Waals surface area contributed by atoms with E-state index in [0.717, 1.165) is 11.3 Å². The highest BCUT2D eigenvalue weighted by Gasteiger charge is 2.18. The molecule has 1 aromatic carbocycles. The van der Waals surface area contributed by atoms with Gasteiger partial charge in [-0.05, 0) is 31.0 Å². The summed E-state index contributed by atoms with van der Waals surface area (Å²) in [5.74, 6) is 0.549. The van der Waals surface area contributed by atoms with Crippen molar-refractivity contribution in [1.82, 2.24) is 5.32 Å². The van der Waals surface area contributed by atoms with Crippen LogP contribution < -0.4 is 11.1 Å². The van der Waals surface area contributed by atoms with E-state index in [9.17, 15) is 4.79 Å². The maximum Gasteiger partial charge on any atom is 0.237 e. The monoisotopic (exact) mass is 258 g/mol. The first-order chi connectivity index (χ1) is 9.16. The van der Waals surface area contributed by atoms with Crippen LogP contribution in [0.15, 0.2) is 53.1 Å². The summed E-state index contributed by atoms with van der Waals surface area (Å²) in [7, 11) is 0. The van der Waals surface area contributed by atoms with Crippen LogP contribution in [-0.2, 0) is 11.2 Å². The molecule has 0 aliphatic heterocycles. The van der Waals surface area contributed by atoms with Crippen LogP contribution in [0, 0.1) is 0 Å². The summed E-state index contributed by atoms with van der Waals surface area (Å²) in [4.78, 5) is 12.0. The fourth-order valence-corrected chi connectivity index (χ4v) is 1.89. The molecule has 2 rings (SSSR count). The van der Waals surface area contributed by atoms with Gasteiger partial charge in [-0.3, -0.25) is 4.79 Å². The lowest BCUT2D eigenvalue weighted by molar-refractivity contribution is -0.123. The Bertz CT molecular complexity index is 508. The third kappa shape index (κ3) is 3.69. The van der Waals surface area contributed by atoms with Crippen LogP contribution in [0.4, 0.5) is 0 Å². The van der Waals surface area contributed by atoms with E-state index in [1.807, 2.05) is 43.3 Å². The Balaban J connectivity index is 1.89. The predicted molar refractivity (Wildman–Crippen MR) is 73.4 cm³/mol. The fraction of sp³-hybridized carbons (Fsp3) is 0.267. The van der Waals surface area contributed by atoms with Crippen LogP contribution in [0.25, 0.3) is 0 Å². The van der Waals surface area contributed by atoms with Crippen LogP contribution >= 0.6 is 0 Å². The second-order valence-corrected chi connectivity index (χ2v) is 4.54. The standard InChI is InChI=1S/C15H18N2O2/c1-11(14-8-5-9-19-14)17-15(18)13(16)10-12-6-3-2-4-7-12/h2-9,11,13H,10,16H2,1H3,(H,17,18)/t11-,13?/m0/s1. The van der Waals surface area contributed by atoms with Crippen molar-refractivity contribution in [2.45, 2.75) is 25.4 Å². The van der Waals surface area contributed by atoms with Gasteiger partial charge in [0, 0.05) is 0 Å². The Hall–Kier alpha value is -2.07. The number of benzene rings is 1. The number of hydrogen-bond donors (Lipinski definition) is 2. The van der Waals surface area contributed by atoms with Gasteiger partial charge in [0.2, 0.25) is 5.91 Å². The second-order valence-electron chi connectivity index (χ2n) is 4.54. The zero-order valence-electron chi connectivity index (χ0n) is 10.9. The number of carbonyl (C=O) groups excluding carboxylic acids is 1. The van der Waals surface area contributed by atoms with E-state index >= 15 is 0 Å². The highest BCUT2D eigenvalue weighted by molar-refractivity contribution is 5.82. The van der Waals surface area contributed by atoms with Gasteiger partial charge in [-0.25, -0.2) is 0 Å². The quantitative estimate of drug-likeness (QED) is 0.862. The highest BCUT2D eigenvalue weighted by Crippen LogP contribution is 2.12. The third-order valence-electron chi connectivity index (χ3n) is 2.96. The number of amides is 1. The molecule has 0 spiro atoms. The van der Waals surface area contributed by atoms with E-state index < -0.39 is 6.04 Å². The van der Waals surface area contributed by atoms with Gasteiger partial charge in [-0.1, -0.05) is 30.3 Å². The Kier molecular flexibility index (Phi) is 4.36. The van der Waals surface area contributed by atoms with Crippen molar-refractivity contribution >= 4 is 5.91 Å². The van der Waals surface area contributed by atoms with E-state index in [1.54, 1.807) is 12.3 Å². The summed E-state index contributed by atoms with van der Waals surface area (Å²) in [5, 5.41) is 2.84. The van der Waals surface area contributed by atoms with Crippen molar-refractivity contribution in [3.05, 3.63) is 60.1 Å². The molecule has 1 heterocycles. The molecule has 19 heavy (non-hydrogen) atoms. The van der Waals surface area contributed by atoms with E-state index in [4.69, 9.17) is 10.2 Å². The first-order valence-electron chi connectivity index (χ1n) is 6.30. The van der Waals surface area contributed by atoms with Crippen molar-refractivity contribution in [2.24, 2.45) is 5.73 Å². The van der Waals surface area contributed by atoms with Crippen molar-refractivity contribution in [2.75, 3.05) is 0 Å². The summed E-state index contributed by atoms with van der Waals surface area (Å²) in [6.45, 7) is 1.87. The van der Waals surface area contributed by atoms with Crippen molar-refractivity contribution in [1.29, 1.82) is 0 Å². The zero-order valence-corrected chi connectivity index (χ0v) is 10.9. The van der Waals surface area contributed by atoms with Gasteiger partial charge < -0.3 is 15.5 Å². The first kappa shape index (κ1) is 13.4. The smallest absolute Gasteiger partial charge is 0.237 e. The Morgan fingerprint density at radius 1 is 1.26 bits per heavy atom. The van der Waals surface area contributed by atoms with E-state index in [2.05, 4.69) is 5.32 Å². The molecule has 4 nitrogen and oxygen atoms in total. The Morgan fingerprint density at radius 2 is 2.00 bits per heavy atom. The SMILES string of the molecule is C[C@H](NC(=O)C(N)Cc1ccccc1)c1ccco1. The average molecular weight is 258 g/mol. The van der Waals surface area contributed by atoms with Crippen LogP contribution in [-0.4, -0.2) is 11.9 Å². The molecule has 3 N–H and O–H groups in total. The molecule has 1 aromatic heterocycles. The van der Waals surface area contributed by atoms with Gasteiger partial charge in [0.1, 0.15) is 5.76 Å². The minimum absolute atomic E-state index is 0.173. The molecule has 0 aliphatic rings. The van der Waals surface area contributed by atoms with Crippen LogP contribution in [0.3, 0.4) is 0 Å².